The van der Waals surface area contributed by atoms with E-state index in [-0.39, 0.29) is 6.10 Å². The lowest BCUT2D eigenvalue weighted by Crippen LogP contribution is -2.00. The van der Waals surface area contributed by atoms with E-state index in [9.17, 15) is 0 Å². The summed E-state index contributed by atoms with van der Waals surface area (Å²) in [5, 5.41) is 9.06. The van der Waals surface area contributed by atoms with Gasteiger partial charge in [0.25, 0.3) is 0 Å². The van der Waals surface area contributed by atoms with Gasteiger partial charge in [-0.15, -0.1) is 11.8 Å². The lowest BCUT2D eigenvalue weighted by atomic mass is 10.3. The van der Waals surface area contributed by atoms with Crippen LogP contribution in [0.2, 0.25) is 0 Å². The summed E-state index contributed by atoms with van der Waals surface area (Å²) in [4.78, 5) is 1.10. The molecular weight excluding hydrogens is 182 g/mol. The third-order valence-corrected chi connectivity index (χ3v) is 2.83. The zero-order valence-electron chi connectivity index (χ0n) is 7.73. The van der Waals surface area contributed by atoms with Crippen LogP contribution in [0, 0.1) is 0 Å². The second-order valence-corrected chi connectivity index (χ2v) is 4.16. The van der Waals surface area contributed by atoms with Gasteiger partial charge in [-0.25, -0.2) is 0 Å². The second-order valence-electron chi connectivity index (χ2n) is 3.02. The van der Waals surface area contributed by atoms with Gasteiger partial charge < -0.3 is 10.8 Å². The fourth-order valence-corrected chi connectivity index (χ4v) is 2.04. The summed E-state index contributed by atoms with van der Waals surface area (Å²) < 4.78 is 0. The van der Waals surface area contributed by atoms with Crippen molar-refractivity contribution in [1.82, 2.24) is 0 Å². The van der Waals surface area contributed by atoms with Crippen molar-refractivity contribution in [3.05, 3.63) is 24.3 Å². The molecule has 0 saturated heterocycles. The molecule has 1 atom stereocenters. The Balaban J connectivity index is 2.41. The predicted molar refractivity (Wildman–Crippen MR) is 57.9 cm³/mol. The molecule has 0 amide bonds. The molecule has 0 radical (unpaired) electrons. The summed E-state index contributed by atoms with van der Waals surface area (Å²) >= 11 is 1.69. The molecule has 0 saturated carbocycles. The Hall–Kier alpha value is -0.670. The first-order chi connectivity index (χ1) is 6.20. The van der Waals surface area contributed by atoms with Gasteiger partial charge in [0.05, 0.1) is 6.10 Å². The maximum absolute atomic E-state index is 9.06. The largest absolute Gasteiger partial charge is 0.398 e. The Kier molecular flexibility index (Phi) is 4.12. The van der Waals surface area contributed by atoms with Crippen molar-refractivity contribution in [3.8, 4) is 0 Å². The molecule has 0 aliphatic heterocycles. The van der Waals surface area contributed by atoms with E-state index >= 15 is 0 Å². The Morgan fingerprint density at radius 1 is 1.46 bits per heavy atom. The number of thioether (sulfide) groups is 1. The molecule has 3 N–H and O–H groups in total. The van der Waals surface area contributed by atoms with Gasteiger partial charge in [-0.05, 0) is 25.5 Å². The average molecular weight is 197 g/mol. The van der Waals surface area contributed by atoms with Gasteiger partial charge in [0.1, 0.15) is 0 Å². The molecule has 0 aromatic heterocycles. The van der Waals surface area contributed by atoms with Gasteiger partial charge in [0.15, 0.2) is 0 Å². The summed E-state index contributed by atoms with van der Waals surface area (Å²) in [5.41, 5.74) is 6.57. The van der Waals surface area contributed by atoms with E-state index < -0.39 is 0 Å². The van der Waals surface area contributed by atoms with Crippen LogP contribution in [0.15, 0.2) is 29.2 Å². The van der Waals surface area contributed by atoms with Gasteiger partial charge in [0, 0.05) is 16.3 Å². The number of benzene rings is 1. The van der Waals surface area contributed by atoms with Crippen LogP contribution in [0.3, 0.4) is 0 Å². The van der Waals surface area contributed by atoms with Crippen molar-refractivity contribution in [1.29, 1.82) is 0 Å². The van der Waals surface area contributed by atoms with E-state index in [1.165, 1.54) is 0 Å². The number of hydrogen-bond acceptors (Lipinski definition) is 3. The van der Waals surface area contributed by atoms with Crippen LogP contribution >= 0.6 is 11.8 Å². The fraction of sp³-hybridized carbons (Fsp3) is 0.400. The summed E-state index contributed by atoms with van der Waals surface area (Å²) in [6, 6.07) is 7.79. The highest BCUT2D eigenvalue weighted by atomic mass is 32.2. The van der Waals surface area contributed by atoms with Crippen molar-refractivity contribution in [2.45, 2.75) is 24.3 Å². The number of anilines is 1. The molecule has 3 heteroatoms. The number of aliphatic hydroxyl groups excluding tert-OH is 1. The Labute approximate surface area is 83.1 Å². The highest BCUT2D eigenvalue weighted by molar-refractivity contribution is 7.99. The van der Waals surface area contributed by atoms with E-state index in [0.29, 0.717) is 0 Å². The van der Waals surface area contributed by atoms with Crippen molar-refractivity contribution in [3.63, 3.8) is 0 Å². The van der Waals surface area contributed by atoms with E-state index in [1.54, 1.807) is 18.7 Å². The standard InChI is InChI=1S/C10H15NOS/c1-8(12)6-7-13-10-5-3-2-4-9(10)11/h2-5,8,12H,6-7,11H2,1H3. The van der Waals surface area contributed by atoms with Crippen LogP contribution in [-0.2, 0) is 0 Å². The van der Waals surface area contributed by atoms with Crippen LogP contribution in [0.25, 0.3) is 0 Å². The van der Waals surface area contributed by atoms with Crippen LogP contribution in [0.4, 0.5) is 5.69 Å². The molecule has 72 valence electrons. The average Bonchev–Trinajstić information content (AvgIpc) is 2.08. The zero-order chi connectivity index (χ0) is 9.68. The Bertz CT molecular complexity index is 263. The number of hydrogen-bond donors (Lipinski definition) is 2. The van der Waals surface area contributed by atoms with Crippen molar-refractivity contribution in [2.75, 3.05) is 11.5 Å². The lowest BCUT2D eigenvalue weighted by molar-refractivity contribution is 0.192. The molecule has 0 bridgehead atoms. The summed E-state index contributed by atoms with van der Waals surface area (Å²) in [6.45, 7) is 1.80. The van der Waals surface area contributed by atoms with Crippen LogP contribution in [0.1, 0.15) is 13.3 Å². The van der Waals surface area contributed by atoms with Crippen LogP contribution < -0.4 is 5.73 Å². The van der Waals surface area contributed by atoms with Crippen molar-refractivity contribution < 1.29 is 5.11 Å². The fourth-order valence-electron chi connectivity index (χ4n) is 0.951. The first-order valence-electron chi connectivity index (χ1n) is 4.35. The third-order valence-electron chi connectivity index (χ3n) is 1.71. The first-order valence-corrected chi connectivity index (χ1v) is 5.34. The van der Waals surface area contributed by atoms with E-state index in [1.807, 2.05) is 24.3 Å². The van der Waals surface area contributed by atoms with Gasteiger partial charge in [0.2, 0.25) is 0 Å². The number of nitrogens with two attached hydrogens (primary N) is 1. The molecule has 1 unspecified atom stereocenters. The number of para-hydroxylation sites is 1. The van der Waals surface area contributed by atoms with Crippen molar-refractivity contribution >= 4 is 17.4 Å². The molecule has 0 heterocycles. The van der Waals surface area contributed by atoms with Crippen LogP contribution in [0.5, 0.6) is 0 Å². The normalized spacial score (nSPS) is 12.8. The van der Waals surface area contributed by atoms with E-state index in [2.05, 4.69) is 0 Å². The lowest BCUT2D eigenvalue weighted by Gasteiger charge is -2.05. The number of nitrogen functional groups attached to an aromatic ring is 1. The molecule has 0 fully saturated rings. The topological polar surface area (TPSA) is 46.2 Å². The first kappa shape index (κ1) is 10.4. The highest BCUT2D eigenvalue weighted by Gasteiger charge is 2.00. The molecular formula is C10H15NOS. The molecule has 2 nitrogen and oxygen atoms in total. The minimum atomic E-state index is -0.225. The Morgan fingerprint density at radius 3 is 2.77 bits per heavy atom. The summed E-state index contributed by atoms with van der Waals surface area (Å²) in [7, 11) is 0. The molecule has 0 spiro atoms. The smallest absolute Gasteiger partial charge is 0.0520 e. The van der Waals surface area contributed by atoms with Crippen LogP contribution in [-0.4, -0.2) is 17.0 Å². The highest BCUT2D eigenvalue weighted by Crippen LogP contribution is 2.24. The van der Waals surface area contributed by atoms with Gasteiger partial charge in [-0.2, -0.15) is 0 Å². The van der Waals surface area contributed by atoms with Gasteiger partial charge in [-0.1, -0.05) is 12.1 Å². The quantitative estimate of drug-likeness (QED) is 0.574. The maximum Gasteiger partial charge on any atom is 0.0520 e. The molecule has 0 aliphatic rings. The zero-order valence-corrected chi connectivity index (χ0v) is 8.55. The minimum absolute atomic E-state index is 0.225. The summed E-state index contributed by atoms with van der Waals surface area (Å²) in [5.74, 6) is 0.909. The maximum atomic E-state index is 9.06. The van der Waals surface area contributed by atoms with E-state index in [0.717, 1.165) is 22.8 Å². The molecule has 1 aromatic rings. The second kappa shape index (κ2) is 5.14. The third kappa shape index (κ3) is 3.70. The molecule has 0 aliphatic carbocycles. The number of rotatable bonds is 4. The SMILES string of the molecule is CC(O)CCSc1ccccc1N. The summed E-state index contributed by atoms with van der Waals surface area (Å²) in [6.07, 6.45) is 0.580. The van der Waals surface area contributed by atoms with Gasteiger partial charge >= 0.3 is 0 Å². The minimum Gasteiger partial charge on any atom is -0.398 e. The molecule has 1 rings (SSSR count). The molecule has 1 aromatic carbocycles. The molecule has 13 heavy (non-hydrogen) atoms. The van der Waals surface area contributed by atoms with Crippen molar-refractivity contribution in [2.24, 2.45) is 0 Å². The predicted octanol–water partition coefficient (Wildman–Crippen LogP) is 2.13. The van der Waals surface area contributed by atoms with E-state index in [4.69, 9.17) is 10.8 Å². The monoisotopic (exact) mass is 197 g/mol. The van der Waals surface area contributed by atoms with Gasteiger partial charge in [-0.3, -0.25) is 0 Å². The Morgan fingerprint density at radius 2 is 2.15 bits per heavy atom. The number of aliphatic hydroxyl groups is 1.